The molecule has 2 heterocycles. The van der Waals surface area contributed by atoms with Crippen molar-refractivity contribution in [3.05, 3.63) is 41.5 Å². The highest BCUT2D eigenvalue weighted by atomic mass is 127. The Bertz CT molecular complexity index is 631. The van der Waals surface area contributed by atoms with Gasteiger partial charge in [0.2, 0.25) is 0 Å². The van der Waals surface area contributed by atoms with Crippen LogP contribution < -0.4 is 10.1 Å². The normalized spacial score (nSPS) is 20.1. The fourth-order valence-electron chi connectivity index (χ4n) is 3.62. The second-order valence-corrected chi connectivity index (χ2v) is 6.88. The Kier molecular flexibility index (Phi) is 9.41. The SMILES string of the molecule is CCNC(=NCCC1=CCOCC1)N1CCC(c2ccc(OC)cc2)C1.I. The summed E-state index contributed by atoms with van der Waals surface area (Å²) in [7, 11) is 1.71. The first-order valence-corrected chi connectivity index (χ1v) is 9.73. The van der Waals surface area contributed by atoms with Crippen molar-refractivity contribution in [2.24, 2.45) is 4.99 Å². The third-order valence-electron chi connectivity index (χ3n) is 5.16. The van der Waals surface area contributed by atoms with E-state index in [0.717, 1.165) is 63.9 Å². The van der Waals surface area contributed by atoms with E-state index in [0.29, 0.717) is 5.92 Å². The van der Waals surface area contributed by atoms with Crippen molar-refractivity contribution in [2.45, 2.75) is 32.1 Å². The van der Waals surface area contributed by atoms with Crippen molar-refractivity contribution in [2.75, 3.05) is 46.5 Å². The Morgan fingerprint density at radius 3 is 2.81 bits per heavy atom. The van der Waals surface area contributed by atoms with E-state index in [-0.39, 0.29) is 24.0 Å². The maximum atomic E-state index is 5.37. The molecule has 0 radical (unpaired) electrons. The predicted molar refractivity (Wildman–Crippen MR) is 121 cm³/mol. The average molecular weight is 485 g/mol. The molecule has 27 heavy (non-hydrogen) atoms. The number of benzene rings is 1. The lowest BCUT2D eigenvalue weighted by atomic mass is 9.98. The van der Waals surface area contributed by atoms with Gasteiger partial charge in [0, 0.05) is 32.1 Å². The van der Waals surface area contributed by atoms with Crippen LogP contribution in [0.4, 0.5) is 0 Å². The fraction of sp³-hybridized carbons (Fsp3) is 0.571. The first kappa shape index (κ1) is 22.0. The standard InChI is InChI=1S/C21H31N3O2.HI/c1-3-22-21(23-12-8-17-10-14-26-15-11-17)24-13-9-19(16-24)18-4-6-20(25-2)7-5-18;/h4-7,10,19H,3,8-9,11-16H2,1-2H3,(H,22,23);1H. The van der Waals surface area contributed by atoms with E-state index < -0.39 is 0 Å². The van der Waals surface area contributed by atoms with E-state index in [1.54, 1.807) is 7.11 Å². The number of hydrogen-bond donors (Lipinski definition) is 1. The van der Waals surface area contributed by atoms with Crippen LogP contribution in [0.5, 0.6) is 5.75 Å². The van der Waals surface area contributed by atoms with Crippen LogP contribution in [-0.4, -0.2) is 57.4 Å². The summed E-state index contributed by atoms with van der Waals surface area (Å²) in [6.07, 6.45) is 5.46. The second-order valence-electron chi connectivity index (χ2n) is 6.88. The number of nitrogens with zero attached hydrogens (tertiary/aromatic N) is 2. The molecule has 0 saturated carbocycles. The molecule has 0 spiro atoms. The van der Waals surface area contributed by atoms with Crippen LogP contribution in [-0.2, 0) is 4.74 Å². The molecule has 1 unspecified atom stereocenters. The number of nitrogens with one attached hydrogen (secondary N) is 1. The topological polar surface area (TPSA) is 46.1 Å². The van der Waals surface area contributed by atoms with Gasteiger partial charge in [-0.15, -0.1) is 24.0 Å². The Balaban J connectivity index is 0.00000261. The molecule has 0 aliphatic carbocycles. The molecule has 5 nitrogen and oxygen atoms in total. The van der Waals surface area contributed by atoms with Gasteiger partial charge in [0.1, 0.15) is 5.75 Å². The maximum Gasteiger partial charge on any atom is 0.193 e. The van der Waals surface area contributed by atoms with Gasteiger partial charge in [0.05, 0.1) is 20.3 Å². The molecule has 2 aliphatic heterocycles. The minimum Gasteiger partial charge on any atom is -0.497 e. The summed E-state index contributed by atoms with van der Waals surface area (Å²) in [5.41, 5.74) is 2.87. The van der Waals surface area contributed by atoms with Crippen LogP contribution in [0.1, 0.15) is 37.7 Å². The second kappa shape index (κ2) is 11.5. The van der Waals surface area contributed by atoms with Crippen LogP contribution >= 0.6 is 24.0 Å². The molecular formula is C21H32IN3O2. The molecule has 1 fully saturated rings. The first-order valence-electron chi connectivity index (χ1n) is 9.73. The predicted octanol–water partition coefficient (Wildman–Crippen LogP) is 3.80. The molecule has 6 heteroatoms. The van der Waals surface area contributed by atoms with E-state index in [1.807, 2.05) is 0 Å². The van der Waals surface area contributed by atoms with E-state index in [2.05, 4.69) is 47.5 Å². The van der Waals surface area contributed by atoms with Gasteiger partial charge in [-0.2, -0.15) is 0 Å². The van der Waals surface area contributed by atoms with Gasteiger partial charge >= 0.3 is 0 Å². The average Bonchev–Trinajstić information content (AvgIpc) is 3.18. The van der Waals surface area contributed by atoms with Crippen molar-refractivity contribution in [1.29, 1.82) is 0 Å². The van der Waals surface area contributed by atoms with E-state index >= 15 is 0 Å². The number of methoxy groups -OCH3 is 1. The quantitative estimate of drug-likeness (QED) is 0.288. The molecule has 1 saturated heterocycles. The van der Waals surface area contributed by atoms with Crippen molar-refractivity contribution in [3.8, 4) is 5.75 Å². The molecule has 1 atom stereocenters. The van der Waals surface area contributed by atoms with Crippen molar-refractivity contribution >= 4 is 29.9 Å². The van der Waals surface area contributed by atoms with Crippen molar-refractivity contribution < 1.29 is 9.47 Å². The summed E-state index contributed by atoms with van der Waals surface area (Å²) in [5, 5.41) is 3.46. The number of ether oxygens (including phenoxy) is 2. The van der Waals surface area contributed by atoms with Gasteiger partial charge in [-0.3, -0.25) is 4.99 Å². The zero-order valence-electron chi connectivity index (χ0n) is 16.4. The number of aliphatic imine (C=N–C) groups is 1. The largest absolute Gasteiger partial charge is 0.497 e. The highest BCUT2D eigenvalue weighted by molar-refractivity contribution is 14.0. The minimum atomic E-state index is 0. The molecule has 3 rings (SSSR count). The third kappa shape index (κ3) is 6.38. The van der Waals surface area contributed by atoms with Crippen LogP contribution in [0.2, 0.25) is 0 Å². The highest BCUT2D eigenvalue weighted by Gasteiger charge is 2.26. The number of halogens is 1. The monoisotopic (exact) mass is 485 g/mol. The van der Waals surface area contributed by atoms with Gasteiger partial charge in [0.25, 0.3) is 0 Å². The Morgan fingerprint density at radius 2 is 2.15 bits per heavy atom. The first-order chi connectivity index (χ1) is 12.8. The molecule has 0 bridgehead atoms. The molecule has 1 aromatic carbocycles. The molecule has 1 N–H and O–H groups in total. The summed E-state index contributed by atoms with van der Waals surface area (Å²) in [6, 6.07) is 8.49. The molecule has 0 amide bonds. The van der Waals surface area contributed by atoms with Gasteiger partial charge < -0.3 is 19.7 Å². The lowest BCUT2D eigenvalue weighted by molar-refractivity contribution is 0.153. The molecule has 0 aromatic heterocycles. The fourth-order valence-corrected chi connectivity index (χ4v) is 3.62. The van der Waals surface area contributed by atoms with Crippen LogP contribution in [0.25, 0.3) is 0 Å². The van der Waals surface area contributed by atoms with Crippen LogP contribution in [0.3, 0.4) is 0 Å². The lowest BCUT2D eigenvalue weighted by Gasteiger charge is -2.22. The summed E-state index contributed by atoms with van der Waals surface area (Å²) < 4.78 is 10.6. The van der Waals surface area contributed by atoms with E-state index in [9.17, 15) is 0 Å². The Morgan fingerprint density at radius 1 is 1.33 bits per heavy atom. The van der Waals surface area contributed by atoms with Gasteiger partial charge in [-0.1, -0.05) is 23.8 Å². The van der Waals surface area contributed by atoms with Crippen molar-refractivity contribution in [1.82, 2.24) is 10.2 Å². The minimum absolute atomic E-state index is 0. The van der Waals surface area contributed by atoms with Gasteiger partial charge in [-0.05, 0) is 43.9 Å². The molecule has 1 aromatic rings. The number of hydrogen-bond acceptors (Lipinski definition) is 3. The summed E-state index contributed by atoms with van der Waals surface area (Å²) >= 11 is 0. The number of rotatable bonds is 6. The Labute approximate surface area is 180 Å². The van der Waals surface area contributed by atoms with Gasteiger partial charge in [-0.25, -0.2) is 0 Å². The maximum absolute atomic E-state index is 5.37. The molecule has 2 aliphatic rings. The highest BCUT2D eigenvalue weighted by Crippen LogP contribution is 2.28. The summed E-state index contributed by atoms with van der Waals surface area (Å²) in [4.78, 5) is 7.27. The van der Waals surface area contributed by atoms with Crippen LogP contribution in [0.15, 0.2) is 40.9 Å². The summed E-state index contributed by atoms with van der Waals surface area (Å²) in [6.45, 7) is 7.57. The van der Waals surface area contributed by atoms with E-state index in [4.69, 9.17) is 14.5 Å². The number of likely N-dealkylation sites (tertiary alicyclic amines) is 1. The lowest BCUT2D eigenvalue weighted by Crippen LogP contribution is -2.40. The molecule has 150 valence electrons. The van der Waals surface area contributed by atoms with Gasteiger partial charge in [0.15, 0.2) is 5.96 Å². The summed E-state index contributed by atoms with van der Waals surface area (Å²) in [5.74, 6) is 2.53. The zero-order valence-corrected chi connectivity index (χ0v) is 18.8. The zero-order chi connectivity index (χ0) is 18.2. The van der Waals surface area contributed by atoms with E-state index in [1.165, 1.54) is 17.6 Å². The smallest absolute Gasteiger partial charge is 0.193 e. The third-order valence-corrected chi connectivity index (χ3v) is 5.16. The van der Waals surface area contributed by atoms with Crippen LogP contribution in [0, 0.1) is 0 Å². The van der Waals surface area contributed by atoms with Crippen molar-refractivity contribution in [3.63, 3.8) is 0 Å². The molecular weight excluding hydrogens is 453 g/mol. The number of guanidine groups is 1. The Hall–Kier alpha value is -1.28.